The summed E-state index contributed by atoms with van der Waals surface area (Å²) in [6, 6.07) is 0. The first-order chi connectivity index (χ1) is 7.73. The second kappa shape index (κ2) is 5.21. The van der Waals surface area contributed by atoms with Crippen molar-refractivity contribution in [2.24, 2.45) is 18.4 Å². The van der Waals surface area contributed by atoms with Gasteiger partial charge in [0.1, 0.15) is 0 Å². The van der Waals surface area contributed by atoms with Crippen LogP contribution >= 0.6 is 0 Å². The Bertz CT molecular complexity index is 372. The summed E-state index contributed by atoms with van der Waals surface area (Å²) in [6.07, 6.45) is 0. The molecule has 1 heterocycles. The Balaban J connectivity index is 2.52. The molecule has 0 aromatic carbocycles. The quantitative estimate of drug-likeness (QED) is 0.872. The van der Waals surface area contributed by atoms with Crippen molar-refractivity contribution in [2.45, 2.75) is 48.1 Å². The van der Waals surface area contributed by atoms with Gasteiger partial charge in [-0.2, -0.15) is 5.10 Å². The first kappa shape index (κ1) is 14.2. The Hall–Kier alpha value is -0.830. The maximum absolute atomic E-state index is 4.43. The fraction of sp³-hybridized carbons (Fsp3) is 0.786. The zero-order chi connectivity index (χ0) is 13.2. The van der Waals surface area contributed by atoms with E-state index in [4.69, 9.17) is 0 Å². The zero-order valence-electron chi connectivity index (χ0n) is 12.4. The van der Waals surface area contributed by atoms with Crippen LogP contribution in [0.1, 0.15) is 44.6 Å². The van der Waals surface area contributed by atoms with E-state index < -0.39 is 0 Å². The second-order valence-electron chi connectivity index (χ2n) is 6.17. The molecule has 0 spiro atoms. The number of aromatic nitrogens is 2. The lowest BCUT2D eigenvalue weighted by atomic mass is 9.82. The first-order valence-electron chi connectivity index (χ1n) is 6.43. The summed E-state index contributed by atoms with van der Waals surface area (Å²) in [5, 5.41) is 7.98. The Morgan fingerprint density at radius 3 is 2.29 bits per heavy atom. The van der Waals surface area contributed by atoms with Gasteiger partial charge in [-0.05, 0) is 31.7 Å². The fourth-order valence-corrected chi connectivity index (χ4v) is 1.79. The normalized spacial score (nSPS) is 14.1. The van der Waals surface area contributed by atoms with E-state index in [9.17, 15) is 0 Å². The molecule has 1 rings (SSSR count). The molecule has 0 saturated heterocycles. The summed E-state index contributed by atoms with van der Waals surface area (Å²) >= 11 is 0. The summed E-state index contributed by atoms with van der Waals surface area (Å²) in [7, 11) is 2.00. The van der Waals surface area contributed by atoms with Gasteiger partial charge in [-0.25, -0.2) is 0 Å². The number of nitrogens with one attached hydrogen (secondary N) is 1. The number of aryl methyl sites for hydroxylation is 2. The van der Waals surface area contributed by atoms with Gasteiger partial charge in [0, 0.05) is 24.8 Å². The van der Waals surface area contributed by atoms with Crippen molar-refractivity contribution in [3.63, 3.8) is 0 Å². The maximum Gasteiger partial charge on any atom is 0.0641 e. The van der Waals surface area contributed by atoms with E-state index in [-0.39, 0.29) is 0 Å². The monoisotopic (exact) mass is 237 g/mol. The van der Waals surface area contributed by atoms with Gasteiger partial charge in [-0.3, -0.25) is 4.68 Å². The van der Waals surface area contributed by atoms with E-state index in [1.54, 1.807) is 0 Å². The van der Waals surface area contributed by atoms with Gasteiger partial charge in [0.25, 0.3) is 0 Å². The third-order valence-corrected chi connectivity index (χ3v) is 3.89. The summed E-state index contributed by atoms with van der Waals surface area (Å²) < 4.78 is 1.96. The minimum atomic E-state index is 0.367. The predicted molar refractivity (Wildman–Crippen MR) is 73.0 cm³/mol. The van der Waals surface area contributed by atoms with Gasteiger partial charge < -0.3 is 5.32 Å². The Kier molecular flexibility index (Phi) is 4.36. The summed E-state index contributed by atoms with van der Waals surface area (Å²) in [6.45, 7) is 15.4. The third kappa shape index (κ3) is 3.56. The van der Waals surface area contributed by atoms with Gasteiger partial charge in [0.05, 0.1) is 5.69 Å². The Morgan fingerprint density at radius 1 is 1.29 bits per heavy atom. The van der Waals surface area contributed by atoms with E-state index in [2.05, 4.69) is 52.0 Å². The molecule has 0 aliphatic rings. The molecule has 0 amide bonds. The van der Waals surface area contributed by atoms with Crippen molar-refractivity contribution in [3.05, 3.63) is 17.0 Å². The van der Waals surface area contributed by atoms with Crippen LogP contribution in [0.2, 0.25) is 0 Å². The predicted octanol–water partition coefficient (Wildman–Crippen LogP) is 2.81. The number of nitrogens with zero attached hydrogens (tertiary/aromatic N) is 2. The van der Waals surface area contributed by atoms with Crippen LogP contribution in [-0.2, 0) is 13.6 Å². The van der Waals surface area contributed by atoms with Crippen molar-refractivity contribution in [1.82, 2.24) is 15.1 Å². The number of hydrogen-bond donors (Lipinski definition) is 1. The largest absolute Gasteiger partial charge is 0.312 e. The van der Waals surface area contributed by atoms with Gasteiger partial charge in [0.15, 0.2) is 0 Å². The van der Waals surface area contributed by atoms with Crippen molar-refractivity contribution in [2.75, 3.05) is 6.54 Å². The standard InChI is InChI=1S/C14H27N3/c1-10(14(4,5)6)8-15-9-13-11(2)16-17(7)12(13)3/h10,15H,8-9H2,1-7H3. The molecule has 3 heteroatoms. The molecule has 0 aliphatic heterocycles. The highest BCUT2D eigenvalue weighted by atomic mass is 15.3. The van der Waals surface area contributed by atoms with Crippen molar-refractivity contribution in [3.8, 4) is 0 Å². The fourth-order valence-electron chi connectivity index (χ4n) is 1.79. The van der Waals surface area contributed by atoms with Crippen LogP contribution in [0.3, 0.4) is 0 Å². The van der Waals surface area contributed by atoms with Crippen LogP contribution in [0, 0.1) is 25.2 Å². The molecule has 0 fully saturated rings. The average molecular weight is 237 g/mol. The molecule has 1 atom stereocenters. The molecule has 98 valence electrons. The SMILES string of the molecule is Cc1nn(C)c(C)c1CNCC(C)C(C)(C)C. The average Bonchev–Trinajstić information content (AvgIpc) is 2.42. The lowest BCUT2D eigenvalue weighted by Crippen LogP contribution is -2.29. The lowest BCUT2D eigenvalue weighted by molar-refractivity contribution is 0.252. The van der Waals surface area contributed by atoms with Gasteiger partial charge in [-0.15, -0.1) is 0 Å². The molecule has 1 N–H and O–H groups in total. The van der Waals surface area contributed by atoms with E-state index in [1.807, 2.05) is 11.7 Å². The molecular formula is C14H27N3. The lowest BCUT2D eigenvalue weighted by Gasteiger charge is -2.27. The molecule has 17 heavy (non-hydrogen) atoms. The van der Waals surface area contributed by atoms with Crippen molar-refractivity contribution < 1.29 is 0 Å². The smallest absolute Gasteiger partial charge is 0.0641 e. The summed E-state index contributed by atoms with van der Waals surface area (Å²) in [5.74, 6) is 0.666. The minimum absolute atomic E-state index is 0.367. The highest BCUT2D eigenvalue weighted by Gasteiger charge is 2.19. The van der Waals surface area contributed by atoms with E-state index in [1.165, 1.54) is 11.3 Å². The van der Waals surface area contributed by atoms with Crippen LogP contribution in [0.5, 0.6) is 0 Å². The van der Waals surface area contributed by atoms with Crippen molar-refractivity contribution >= 4 is 0 Å². The molecule has 0 radical (unpaired) electrons. The first-order valence-corrected chi connectivity index (χ1v) is 6.43. The van der Waals surface area contributed by atoms with Gasteiger partial charge in [-0.1, -0.05) is 27.7 Å². The Labute approximate surface area is 106 Å². The molecule has 1 unspecified atom stereocenters. The highest BCUT2D eigenvalue weighted by Crippen LogP contribution is 2.24. The topological polar surface area (TPSA) is 29.9 Å². The van der Waals surface area contributed by atoms with Crippen LogP contribution in [0.15, 0.2) is 0 Å². The minimum Gasteiger partial charge on any atom is -0.312 e. The molecule has 0 saturated carbocycles. The van der Waals surface area contributed by atoms with Crippen molar-refractivity contribution in [1.29, 1.82) is 0 Å². The van der Waals surface area contributed by atoms with E-state index in [0.717, 1.165) is 18.8 Å². The third-order valence-electron chi connectivity index (χ3n) is 3.89. The van der Waals surface area contributed by atoms with Crippen LogP contribution in [-0.4, -0.2) is 16.3 Å². The number of hydrogen-bond acceptors (Lipinski definition) is 2. The van der Waals surface area contributed by atoms with Crippen LogP contribution in [0.25, 0.3) is 0 Å². The molecule has 1 aromatic rings. The van der Waals surface area contributed by atoms with E-state index in [0.29, 0.717) is 11.3 Å². The van der Waals surface area contributed by atoms with E-state index >= 15 is 0 Å². The van der Waals surface area contributed by atoms with Gasteiger partial charge in [0.2, 0.25) is 0 Å². The Morgan fingerprint density at radius 2 is 1.88 bits per heavy atom. The molecule has 1 aromatic heterocycles. The maximum atomic E-state index is 4.43. The van der Waals surface area contributed by atoms with Crippen LogP contribution in [0.4, 0.5) is 0 Å². The molecule has 0 aliphatic carbocycles. The second-order valence-corrected chi connectivity index (χ2v) is 6.17. The summed E-state index contributed by atoms with van der Waals surface area (Å²) in [4.78, 5) is 0. The number of rotatable bonds is 4. The summed E-state index contributed by atoms with van der Waals surface area (Å²) in [5.41, 5.74) is 4.11. The molecule has 0 bridgehead atoms. The zero-order valence-corrected chi connectivity index (χ0v) is 12.4. The molecule has 3 nitrogen and oxygen atoms in total. The molecular weight excluding hydrogens is 210 g/mol. The van der Waals surface area contributed by atoms with Gasteiger partial charge >= 0.3 is 0 Å². The van der Waals surface area contributed by atoms with Crippen LogP contribution < -0.4 is 5.32 Å². The highest BCUT2D eigenvalue weighted by molar-refractivity contribution is 5.23.